The topological polar surface area (TPSA) is 49.4 Å². The Hall–Kier alpha value is -1.75. The summed E-state index contributed by atoms with van der Waals surface area (Å²) in [5.74, 6) is -0.163. The number of carbonyl (C=O) groups excluding carboxylic acids is 2. The molecule has 1 saturated heterocycles. The zero-order valence-electron chi connectivity index (χ0n) is 12.1. The number of fused-ring (bicyclic) bond motifs is 3. The van der Waals surface area contributed by atoms with Crippen LogP contribution in [0.1, 0.15) is 35.1 Å². The van der Waals surface area contributed by atoms with E-state index in [-0.39, 0.29) is 21.9 Å². The van der Waals surface area contributed by atoms with E-state index in [1.54, 1.807) is 22.7 Å². The van der Waals surface area contributed by atoms with Crippen molar-refractivity contribution >= 4 is 23.6 Å². The van der Waals surface area contributed by atoms with Crippen molar-refractivity contribution in [1.29, 1.82) is 0 Å². The van der Waals surface area contributed by atoms with Gasteiger partial charge in [0.15, 0.2) is 0 Å². The fraction of sp³-hybridized carbons (Fsp3) is 0.375. The number of benzene rings is 1. The summed E-state index contributed by atoms with van der Waals surface area (Å²) >= 11 is 1.67. The largest absolute Gasteiger partial charge is 0.351 e. The molecule has 2 atom stereocenters. The number of hydrogen-bond acceptors (Lipinski definition) is 3. The van der Waals surface area contributed by atoms with Crippen molar-refractivity contribution in [3.8, 4) is 0 Å². The predicted molar refractivity (Wildman–Crippen MR) is 84.0 cm³/mol. The SMILES string of the molecule is C=CCNC(=O)[C@H]1N2C(=O)c3ccccc3[C@@H]2SC1(C)C. The van der Waals surface area contributed by atoms with Crippen molar-refractivity contribution in [2.75, 3.05) is 6.54 Å². The van der Waals surface area contributed by atoms with Crippen LogP contribution in [0.2, 0.25) is 0 Å². The van der Waals surface area contributed by atoms with Crippen molar-refractivity contribution in [2.45, 2.75) is 30.0 Å². The van der Waals surface area contributed by atoms with E-state index < -0.39 is 6.04 Å². The fourth-order valence-electron chi connectivity index (χ4n) is 3.07. The second-order valence-corrected chi connectivity index (χ2v) is 7.54. The fourth-order valence-corrected chi connectivity index (χ4v) is 4.66. The molecule has 110 valence electrons. The third-order valence-electron chi connectivity index (χ3n) is 3.97. The molecule has 2 heterocycles. The molecule has 1 fully saturated rings. The van der Waals surface area contributed by atoms with Crippen LogP contribution < -0.4 is 5.32 Å². The van der Waals surface area contributed by atoms with E-state index >= 15 is 0 Å². The van der Waals surface area contributed by atoms with Crippen molar-refractivity contribution in [3.05, 3.63) is 48.0 Å². The lowest BCUT2D eigenvalue weighted by atomic mass is 10.0. The number of amides is 2. The molecule has 21 heavy (non-hydrogen) atoms. The van der Waals surface area contributed by atoms with Gasteiger partial charge < -0.3 is 10.2 Å². The Morgan fingerprint density at radius 1 is 1.48 bits per heavy atom. The van der Waals surface area contributed by atoms with Gasteiger partial charge in [0.25, 0.3) is 5.91 Å². The maximum atomic E-state index is 12.7. The van der Waals surface area contributed by atoms with E-state index in [4.69, 9.17) is 0 Å². The first kappa shape index (κ1) is 14.2. The van der Waals surface area contributed by atoms with Crippen LogP contribution in [-0.2, 0) is 4.79 Å². The minimum absolute atomic E-state index is 0.0487. The molecule has 1 aromatic carbocycles. The Kier molecular flexibility index (Phi) is 3.32. The highest BCUT2D eigenvalue weighted by molar-refractivity contribution is 8.01. The van der Waals surface area contributed by atoms with E-state index in [2.05, 4.69) is 11.9 Å². The molecule has 3 rings (SSSR count). The van der Waals surface area contributed by atoms with Gasteiger partial charge in [-0.25, -0.2) is 0 Å². The highest BCUT2D eigenvalue weighted by Gasteiger charge is 2.57. The first-order chi connectivity index (χ1) is 9.97. The van der Waals surface area contributed by atoms with E-state index in [0.717, 1.165) is 5.56 Å². The molecule has 1 aromatic rings. The van der Waals surface area contributed by atoms with Crippen molar-refractivity contribution in [2.24, 2.45) is 0 Å². The number of thioether (sulfide) groups is 1. The molecule has 0 aliphatic carbocycles. The molecule has 0 spiro atoms. The summed E-state index contributed by atoms with van der Waals surface area (Å²) in [5.41, 5.74) is 1.73. The van der Waals surface area contributed by atoms with Gasteiger partial charge in [-0.2, -0.15) is 0 Å². The van der Waals surface area contributed by atoms with Crippen LogP contribution in [0, 0.1) is 0 Å². The molecule has 2 amide bonds. The number of nitrogens with one attached hydrogen (secondary N) is 1. The molecule has 0 aromatic heterocycles. The molecule has 0 radical (unpaired) electrons. The van der Waals surface area contributed by atoms with Gasteiger partial charge in [-0.3, -0.25) is 9.59 Å². The average molecular weight is 302 g/mol. The zero-order valence-corrected chi connectivity index (χ0v) is 12.9. The molecule has 4 nitrogen and oxygen atoms in total. The number of hydrogen-bond donors (Lipinski definition) is 1. The van der Waals surface area contributed by atoms with E-state index in [1.807, 2.05) is 38.1 Å². The van der Waals surface area contributed by atoms with Gasteiger partial charge in [-0.05, 0) is 25.5 Å². The summed E-state index contributed by atoms with van der Waals surface area (Å²) in [4.78, 5) is 26.9. The number of carbonyl (C=O) groups is 2. The predicted octanol–water partition coefficient (Wildman–Crippen LogP) is 2.34. The number of nitrogens with zero attached hydrogens (tertiary/aromatic N) is 1. The van der Waals surface area contributed by atoms with Crippen LogP contribution in [0.5, 0.6) is 0 Å². The second kappa shape index (κ2) is 4.91. The highest BCUT2D eigenvalue weighted by atomic mass is 32.2. The molecule has 5 heteroatoms. The molecular formula is C16H18N2O2S. The lowest BCUT2D eigenvalue weighted by Gasteiger charge is -2.29. The van der Waals surface area contributed by atoms with Gasteiger partial charge in [0.2, 0.25) is 5.91 Å². The lowest BCUT2D eigenvalue weighted by Crippen LogP contribution is -2.52. The van der Waals surface area contributed by atoms with Gasteiger partial charge in [0.05, 0.1) is 0 Å². The third-order valence-corrected chi connectivity index (χ3v) is 5.50. The quantitative estimate of drug-likeness (QED) is 0.872. The van der Waals surface area contributed by atoms with Gasteiger partial charge in [-0.1, -0.05) is 24.3 Å². The first-order valence-electron chi connectivity index (χ1n) is 6.95. The minimum atomic E-state index is -0.465. The van der Waals surface area contributed by atoms with Crippen LogP contribution in [0.25, 0.3) is 0 Å². The molecule has 0 saturated carbocycles. The Morgan fingerprint density at radius 2 is 2.19 bits per heavy atom. The Balaban J connectivity index is 1.98. The average Bonchev–Trinajstić information content (AvgIpc) is 2.88. The molecule has 0 bridgehead atoms. The molecule has 2 aliphatic heterocycles. The summed E-state index contributed by atoms with van der Waals surface area (Å²) in [5, 5.41) is 2.76. The van der Waals surface area contributed by atoms with Gasteiger partial charge in [0, 0.05) is 16.9 Å². The van der Waals surface area contributed by atoms with Crippen molar-refractivity contribution in [3.63, 3.8) is 0 Å². The minimum Gasteiger partial charge on any atom is -0.351 e. The third kappa shape index (κ3) is 2.07. The van der Waals surface area contributed by atoms with Gasteiger partial charge in [-0.15, -0.1) is 18.3 Å². The van der Waals surface area contributed by atoms with Crippen LogP contribution in [0.15, 0.2) is 36.9 Å². The zero-order chi connectivity index (χ0) is 15.2. The lowest BCUT2D eigenvalue weighted by molar-refractivity contribution is -0.125. The summed E-state index contributed by atoms with van der Waals surface area (Å²) in [6.45, 7) is 8.06. The summed E-state index contributed by atoms with van der Waals surface area (Å²) in [6, 6.07) is 7.15. The van der Waals surface area contributed by atoms with Gasteiger partial charge in [0.1, 0.15) is 11.4 Å². The standard InChI is InChI=1S/C16H18N2O2S/c1-4-9-17-13(19)12-16(2,3)21-15-11-8-6-5-7-10(11)14(20)18(12)15/h4-8,12,15H,1,9H2,2-3H3,(H,17,19)/t12-,15+/m1/s1. The monoisotopic (exact) mass is 302 g/mol. The van der Waals surface area contributed by atoms with Gasteiger partial charge >= 0.3 is 0 Å². The first-order valence-corrected chi connectivity index (χ1v) is 7.83. The van der Waals surface area contributed by atoms with E-state index in [9.17, 15) is 9.59 Å². The van der Waals surface area contributed by atoms with Crippen molar-refractivity contribution < 1.29 is 9.59 Å². The smallest absolute Gasteiger partial charge is 0.256 e. The summed E-state index contributed by atoms with van der Waals surface area (Å²) in [7, 11) is 0. The van der Waals surface area contributed by atoms with E-state index in [0.29, 0.717) is 12.1 Å². The van der Waals surface area contributed by atoms with Crippen LogP contribution in [0.3, 0.4) is 0 Å². The maximum Gasteiger partial charge on any atom is 0.256 e. The second-order valence-electron chi connectivity index (χ2n) is 5.81. The van der Waals surface area contributed by atoms with Crippen molar-refractivity contribution in [1.82, 2.24) is 10.2 Å². The normalized spacial score (nSPS) is 25.4. The summed E-state index contributed by atoms with van der Waals surface area (Å²) in [6.07, 6.45) is 1.64. The molecule has 1 N–H and O–H groups in total. The molecule has 2 aliphatic rings. The van der Waals surface area contributed by atoms with Crippen LogP contribution in [-0.4, -0.2) is 34.0 Å². The number of rotatable bonds is 3. The Bertz CT molecular complexity index is 626. The van der Waals surface area contributed by atoms with Crippen LogP contribution in [0.4, 0.5) is 0 Å². The Labute approximate surface area is 128 Å². The maximum absolute atomic E-state index is 12.7. The van der Waals surface area contributed by atoms with E-state index in [1.165, 1.54) is 0 Å². The molecule has 0 unspecified atom stereocenters. The van der Waals surface area contributed by atoms with Crippen LogP contribution >= 0.6 is 11.8 Å². The Morgan fingerprint density at radius 3 is 2.90 bits per heavy atom. The molecular weight excluding hydrogens is 284 g/mol. The highest BCUT2D eigenvalue weighted by Crippen LogP contribution is 2.56. The summed E-state index contributed by atoms with van der Waals surface area (Å²) < 4.78 is -0.320.